The molecule has 0 spiro atoms. The van der Waals surface area contributed by atoms with Crippen LogP contribution in [0.25, 0.3) is 0 Å². The number of nitrogens with zero attached hydrogens (tertiary/aromatic N) is 3. The van der Waals surface area contributed by atoms with Gasteiger partial charge >= 0.3 is 0 Å². The molecule has 1 saturated heterocycles. The van der Waals surface area contributed by atoms with Gasteiger partial charge in [0.15, 0.2) is 0 Å². The molecule has 17 heavy (non-hydrogen) atoms. The predicted molar refractivity (Wildman–Crippen MR) is 68.5 cm³/mol. The summed E-state index contributed by atoms with van der Waals surface area (Å²) < 4.78 is 0.868. The Kier molecular flexibility index (Phi) is 3.93. The van der Waals surface area contributed by atoms with Crippen molar-refractivity contribution in [2.45, 2.75) is 19.3 Å². The Morgan fingerprint density at radius 3 is 2.88 bits per heavy atom. The van der Waals surface area contributed by atoms with E-state index in [1.807, 2.05) is 0 Å². The summed E-state index contributed by atoms with van der Waals surface area (Å²) in [6, 6.07) is 0. The standard InChI is InChI=1S/C11H15BrN4O/c12-9-5-14-11(15-6-9)16-3-1-2-8(7-16)4-10(13)17/h5-6,8H,1-4,7H2,(H2,13,17). The van der Waals surface area contributed by atoms with Crippen LogP contribution < -0.4 is 10.6 Å². The van der Waals surface area contributed by atoms with Gasteiger partial charge in [-0.05, 0) is 34.7 Å². The molecule has 6 heteroatoms. The number of carbonyl (C=O) groups excluding carboxylic acids is 1. The lowest BCUT2D eigenvalue weighted by Gasteiger charge is -2.32. The number of primary amides is 1. The molecule has 0 saturated carbocycles. The number of carbonyl (C=O) groups is 1. The van der Waals surface area contributed by atoms with Gasteiger partial charge in [-0.1, -0.05) is 0 Å². The molecule has 1 aromatic rings. The molecule has 1 amide bonds. The van der Waals surface area contributed by atoms with Gasteiger partial charge in [0.25, 0.3) is 0 Å². The van der Waals surface area contributed by atoms with Gasteiger partial charge in [-0.15, -0.1) is 0 Å². The van der Waals surface area contributed by atoms with Crippen molar-refractivity contribution in [3.05, 3.63) is 16.9 Å². The summed E-state index contributed by atoms with van der Waals surface area (Å²) in [5.41, 5.74) is 5.23. The number of hydrogen-bond donors (Lipinski definition) is 1. The molecule has 2 rings (SSSR count). The van der Waals surface area contributed by atoms with E-state index in [1.165, 1.54) is 0 Å². The second-order valence-corrected chi connectivity index (χ2v) is 5.24. The predicted octanol–water partition coefficient (Wildman–Crippen LogP) is 1.33. The second-order valence-electron chi connectivity index (χ2n) is 4.33. The quantitative estimate of drug-likeness (QED) is 0.914. The molecule has 0 bridgehead atoms. The third-order valence-corrected chi connectivity index (χ3v) is 3.31. The molecule has 1 fully saturated rings. The van der Waals surface area contributed by atoms with E-state index in [-0.39, 0.29) is 5.91 Å². The number of hydrogen-bond acceptors (Lipinski definition) is 4. The lowest BCUT2D eigenvalue weighted by atomic mass is 9.95. The number of rotatable bonds is 3. The Balaban J connectivity index is 2.01. The van der Waals surface area contributed by atoms with Gasteiger partial charge in [0.2, 0.25) is 11.9 Å². The Bertz CT molecular complexity index is 395. The summed E-state index contributed by atoms with van der Waals surface area (Å²) in [6.07, 6.45) is 6.03. The Labute approximate surface area is 109 Å². The maximum Gasteiger partial charge on any atom is 0.225 e. The van der Waals surface area contributed by atoms with Gasteiger partial charge in [0.05, 0.1) is 4.47 Å². The summed E-state index contributed by atoms with van der Waals surface area (Å²) in [6.45, 7) is 1.75. The number of anilines is 1. The highest BCUT2D eigenvalue weighted by Gasteiger charge is 2.22. The van der Waals surface area contributed by atoms with Crippen LogP contribution in [0, 0.1) is 5.92 Å². The van der Waals surface area contributed by atoms with Crippen LogP contribution in [0.15, 0.2) is 16.9 Å². The van der Waals surface area contributed by atoms with Crippen molar-refractivity contribution < 1.29 is 4.79 Å². The van der Waals surface area contributed by atoms with Gasteiger partial charge in [0, 0.05) is 31.9 Å². The normalized spacial score (nSPS) is 20.3. The van der Waals surface area contributed by atoms with Crippen molar-refractivity contribution in [1.82, 2.24) is 9.97 Å². The van der Waals surface area contributed by atoms with Gasteiger partial charge in [-0.25, -0.2) is 9.97 Å². The zero-order chi connectivity index (χ0) is 12.3. The first-order chi connectivity index (χ1) is 8.15. The maximum atomic E-state index is 10.9. The van der Waals surface area contributed by atoms with E-state index in [0.717, 1.165) is 36.4 Å². The van der Waals surface area contributed by atoms with Crippen LogP contribution in [-0.4, -0.2) is 29.0 Å². The Morgan fingerprint density at radius 2 is 2.24 bits per heavy atom. The molecule has 0 aromatic carbocycles. The number of piperidine rings is 1. The minimum atomic E-state index is -0.228. The van der Waals surface area contributed by atoms with Crippen molar-refractivity contribution >= 4 is 27.8 Å². The molecule has 92 valence electrons. The summed E-state index contributed by atoms with van der Waals surface area (Å²) in [4.78, 5) is 21.6. The molecule has 0 radical (unpaired) electrons. The maximum absolute atomic E-state index is 10.9. The van der Waals surface area contributed by atoms with Gasteiger partial charge in [-0.3, -0.25) is 4.79 Å². The summed E-state index contributed by atoms with van der Waals surface area (Å²) >= 11 is 3.31. The van der Waals surface area contributed by atoms with Crippen LogP contribution >= 0.6 is 15.9 Å². The molecular weight excluding hydrogens is 284 g/mol. The first-order valence-corrected chi connectivity index (χ1v) is 6.45. The van der Waals surface area contributed by atoms with Gasteiger partial charge in [-0.2, -0.15) is 0 Å². The molecular formula is C11H15BrN4O. The first kappa shape index (κ1) is 12.3. The second kappa shape index (κ2) is 5.44. The molecule has 2 N–H and O–H groups in total. The van der Waals surface area contributed by atoms with Crippen molar-refractivity contribution in [3.8, 4) is 0 Å². The number of aromatic nitrogens is 2. The Hall–Kier alpha value is -1.17. The SMILES string of the molecule is NC(=O)CC1CCCN(c2ncc(Br)cn2)C1. The van der Waals surface area contributed by atoms with Crippen LogP contribution in [0.4, 0.5) is 5.95 Å². The largest absolute Gasteiger partial charge is 0.370 e. The van der Waals surface area contributed by atoms with Crippen molar-refractivity contribution in [3.63, 3.8) is 0 Å². The monoisotopic (exact) mass is 298 g/mol. The summed E-state index contributed by atoms with van der Waals surface area (Å²) in [5, 5.41) is 0. The first-order valence-electron chi connectivity index (χ1n) is 5.66. The number of nitrogens with two attached hydrogens (primary N) is 1. The van der Waals surface area contributed by atoms with E-state index < -0.39 is 0 Å². The van der Waals surface area contributed by atoms with Crippen LogP contribution in [0.2, 0.25) is 0 Å². The average Bonchev–Trinajstić information content (AvgIpc) is 2.29. The molecule has 5 nitrogen and oxygen atoms in total. The van der Waals surface area contributed by atoms with E-state index in [2.05, 4.69) is 30.8 Å². The molecule has 0 aliphatic carbocycles. The van der Waals surface area contributed by atoms with Gasteiger partial charge in [0.1, 0.15) is 0 Å². The van der Waals surface area contributed by atoms with Crippen molar-refractivity contribution in [2.75, 3.05) is 18.0 Å². The molecule has 1 aliphatic rings. The van der Waals surface area contributed by atoms with Crippen LogP contribution in [-0.2, 0) is 4.79 Å². The molecule has 1 aromatic heterocycles. The highest BCUT2D eigenvalue weighted by Crippen LogP contribution is 2.22. The fourth-order valence-corrected chi connectivity index (χ4v) is 2.37. The fraction of sp³-hybridized carbons (Fsp3) is 0.545. The minimum absolute atomic E-state index is 0.228. The van der Waals surface area contributed by atoms with Crippen LogP contribution in [0.3, 0.4) is 0 Å². The fourth-order valence-electron chi connectivity index (χ4n) is 2.17. The Morgan fingerprint density at radius 1 is 1.53 bits per heavy atom. The molecule has 1 atom stereocenters. The summed E-state index contributed by atoms with van der Waals surface area (Å²) in [7, 11) is 0. The highest BCUT2D eigenvalue weighted by molar-refractivity contribution is 9.10. The molecule has 1 aliphatic heterocycles. The van der Waals surface area contributed by atoms with E-state index in [0.29, 0.717) is 12.3 Å². The zero-order valence-corrected chi connectivity index (χ0v) is 11.1. The third-order valence-electron chi connectivity index (χ3n) is 2.90. The zero-order valence-electron chi connectivity index (χ0n) is 9.47. The average molecular weight is 299 g/mol. The van der Waals surface area contributed by atoms with Crippen molar-refractivity contribution in [1.29, 1.82) is 0 Å². The van der Waals surface area contributed by atoms with Crippen molar-refractivity contribution in [2.24, 2.45) is 11.7 Å². The van der Waals surface area contributed by atoms with Crippen LogP contribution in [0.5, 0.6) is 0 Å². The van der Waals surface area contributed by atoms with E-state index >= 15 is 0 Å². The lowest BCUT2D eigenvalue weighted by molar-refractivity contribution is -0.118. The third kappa shape index (κ3) is 3.39. The van der Waals surface area contributed by atoms with Crippen LogP contribution in [0.1, 0.15) is 19.3 Å². The smallest absolute Gasteiger partial charge is 0.225 e. The number of amides is 1. The van der Waals surface area contributed by atoms with E-state index in [4.69, 9.17) is 5.73 Å². The number of halogens is 1. The summed E-state index contributed by atoms with van der Waals surface area (Å²) in [5.74, 6) is 0.824. The van der Waals surface area contributed by atoms with E-state index in [9.17, 15) is 4.79 Å². The lowest BCUT2D eigenvalue weighted by Crippen LogP contribution is -2.38. The minimum Gasteiger partial charge on any atom is -0.370 e. The van der Waals surface area contributed by atoms with E-state index in [1.54, 1.807) is 12.4 Å². The highest BCUT2D eigenvalue weighted by atomic mass is 79.9. The topological polar surface area (TPSA) is 72.1 Å². The van der Waals surface area contributed by atoms with Gasteiger partial charge < -0.3 is 10.6 Å². The molecule has 2 heterocycles. The molecule has 1 unspecified atom stereocenters.